The molecule has 0 aliphatic carbocycles. The summed E-state index contributed by atoms with van der Waals surface area (Å²) in [6.07, 6.45) is 1.56. The van der Waals surface area contributed by atoms with Gasteiger partial charge in [-0.1, -0.05) is 24.3 Å². The first-order chi connectivity index (χ1) is 10.0. The summed E-state index contributed by atoms with van der Waals surface area (Å²) in [4.78, 5) is 23.5. The van der Waals surface area contributed by atoms with Crippen LogP contribution in [0.15, 0.2) is 36.4 Å². The number of fused-ring (bicyclic) bond motifs is 1. The highest BCUT2D eigenvalue weighted by Crippen LogP contribution is 2.23. The Kier molecular flexibility index (Phi) is 4.70. The number of rotatable bonds is 5. The van der Waals surface area contributed by atoms with Crippen LogP contribution >= 0.6 is 0 Å². The highest BCUT2D eigenvalue weighted by Gasteiger charge is 2.16. The molecule has 2 N–H and O–H groups in total. The van der Waals surface area contributed by atoms with E-state index >= 15 is 0 Å². The number of carboxylic acid groups (broad SMARTS) is 1. The molecule has 1 atom stereocenters. The smallest absolute Gasteiger partial charge is 0.336 e. The third-order valence-corrected chi connectivity index (χ3v) is 3.83. The average molecular weight is 305 g/mol. The normalized spacial score (nSPS) is 12.0. The van der Waals surface area contributed by atoms with E-state index in [4.69, 9.17) is 0 Å². The molecule has 0 aliphatic heterocycles. The molecule has 0 aromatic heterocycles. The van der Waals surface area contributed by atoms with Crippen molar-refractivity contribution in [2.45, 2.75) is 0 Å². The second kappa shape index (κ2) is 6.49. The van der Waals surface area contributed by atoms with E-state index in [-0.39, 0.29) is 18.0 Å². The van der Waals surface area contributed by atoms with Crippen molar-refractivity contribution in [2.24, 2.45) is 0 Å². The molecule has 0 heterocycles. The van der Waals surface area contributed by atoms with Crippen LogP contribution in [0.2, 0.25) is 0 Å². The number of nitrogens with one attached hydrogen (secondary N) is 1. The number of hydrogen-bond donors (Lipinski definition) is 2. The zero-order valence-electron chi connectivity index (χ0n) is 11.5. The molecular formula is C15H15NO4S. The number of carbonyl (C=O) groups excluding carboxylic acids is 1. The number of carboxylic acids is 1. The molecule has 0 spiro atoms. The van der Waals surface area contributed by atoms with Gasteiger partial charge in [-0.25, -0.2) is 4.79 Å². The van der Waals surface area contributed by atoms with Gasteiger partial charge in [0.1, 0.15) is 0 Å². The Balaban J connectivity index is 2.41. The van der Waals surface area contributed by atoms with Crippen molar-refractivity contribution in [1.29, 1.82) is 0 Å². The first-order valence-corrected chi connectivity index (χ1v) is 8.06. The molecule has 21 heavy (non-hydrogen) atoms. The van der Waals surface area contributed by atoms with Crippen molar-refractivity contribution in [3.05, 3.63) is 47.5 Å². The van der Waals surface area contributed by atoms with Gasteiger partial charge in [-0.05, 0) is 17.5 Å². The minimum atomic E-state index is -1.07. The van der Waals surface area contributed by atoms with Crippen molar-refractivity contribution in [3.63, 3.8) is 0 Å². The highest BCUT2D eigenvalue weighted by atomic mass is 32.2. The Morgan fingerprint density at radius 2 is 1.76 bits per heavy atom. The summed E-state index contributed by atoms with van der Waals surface area (Å²) in [6.45, 7) is 0.285. The van der Waals surface area contributed by atoms with Crippen molar-refractivity contribution in [2.75, 3.05) is 18.6 Å². The largest absolute Gasteiger partial charge is 0.478 e. The highest BCUT2D eigenvalue weighted by molar-refractivity contribution is 7.84. The SMILES string of the molecule is CS(=O)CCNC(=O)c1cccc2cccc(C(=O)O)c12. The van der Waals surface area contributed by atoms with Gasteiger partial charge in [0, 0.05) is 40.3 Å². The molecule has 1 unspecified atom stereocenters. The molecule has 0 saturated carbocycles. The standard InChI is InChI=1S/C15H15NO4S/c1-21(20)9-8-16-14(17)11-6-2-4-10-5-3-7-12(13(10)11)15(18)19/h2-7H,8-9H2,1H3,(H,16,17)(H,18,19). The fourth-order valence-electron chi connectivity index (χ4n) is 2.11. The first kappa shape index (κ1) is 15.2. The topological polar surface area (TPSA) is 83.5 Å². The minimum absolute atomic E-state index is 0.0947. The summed E-state index contributed by atoms with van der Waals surface area (Å²) < 4.78 is 11.0. The Morgan fingerprint density at radius 1 is 1.14 bits per heavy atom. The number of amides is 1. The fraction of sp³-hybridized carbons (Fsp3) is 0.200. The van der Waals surface area contributed by atoms with Crippen LogP contribution in [-0.4, -0.2) is 39.7 Å². The van der Waals surface area contributed by atoms with E-state index in [1.54, 1.807) is 36.6 Å². The Bertz CT molecular complexity index is 721. The quantitative estimate of drug-likeness (QED) is 0.879. The van der Waals surface area contributed by atoms with Gasteiger partial charge < -0.3 is 10.4 Å². The molecule has 2 aromatic rings. The molecule has 0 saturated heterocycles. The molecule has 1 amide bonds. The lowest BCUT2D eigenvalue weighted by Crippen LogP contribution is -2.27. The summed E-state index contributed by atoms with van der Waals surface area (Å²) >= 11 is 0. The first-order valence-electron chi connectivity index (χ1n) is 6.34. The second-order valence-corrected chi connectivity index (χ2v) is 6.10. The monoisotopic (exact) mass is 305 g/mol. The zero-order valence-corrected chi connectivity index (χ0v) is 12.3. The van der Waals surface area contributed by atoms with Crippen LogP contribution in [0.3, 0.4) is 0 Å². The lowest BCUT2D eigenvalue weighted by atomic mass is 9.99. The number of benzene rings is 2. The minimum Gasteiger partial charge on any atom is -0.478 e. The molecule has 6 heteroatoms. The fourth-order valence-corrected chi connectivity index (χ4v) is 2.50. The van der Waals surface area contributed by atoms with Crippen LogP contribution in [0.4, 0.5) is 0 Å². The summed E-state index contributed by atoms with van der Waals surface area (Å²) in [7, 11) is -0.986. The van der Waals surface area contributed by atoms with Gasteiger partial charge in [0.25, 0.3) is 5.91 Å². The predicted molar refractivity (Wildman–Crippen MR) is 82.2 cm³/mol. The van der Waals surface area contributed by atoms with E-state index in [2.05, 4.69) is 5.32 Å². The summed E-state index contributed by atoms with van der Waals surface area (Å²) in [5.74, 6) is -1.07. The van der Waals surface area contributed by atoms with E-state index < -0.39 is 16.8 Å². The van der Waals surface area contributed by atoms with Crippen LogP contribution < -0.4 is 5.32 Å². The maximum atomic E-state index is 12.2. The molecular weight excluding hydrogens is 290 g/mol. The van der Waals surface area contributed by atoms with Gasteiger partial charge in [-0.3, -0.25) is 9.00 Å². The van der Waals surface area contributed by atoms with E-state index in [1.165, 1.54) is 6.07 Å². The summed E-state index contributed by atoms with van der Waals surface area (Å²) in [6, 6.07) is 9.95. The Morgan fingerprint density at radius 3 is 2.33 bits per heavy atom. The number of carbonyl (C=O) groups is 2. The molecule has 2 aromatic carbocycles. The zero-order chi connectivity index (χ0) is 15.4. The van der Waals surface area contributed by atoms with Gasteiger partial charge in [0.2, 0.25) is 0 Å². The summed E-state index contributed by atoms with van der Waals surface area (Å²) in [5.41, 5.74) is 0.407. The van der Waals surface area contributed by atoms with E-state index in [1.807, 2.05) is 0 Å². The third kappa shape index (κ3) is 3.46. The van der Waals surface area contributed by atoms with Crippen LogP contribution in [-0.2, 0) is 10.8 Å². The average Bonchev–Trinajstić information content (AvgIpc) is 2.45. The molecule has 0 aliphatic rings. The Hall–Kier alpha value is -2.21. The van der Waals surface area contributed by atoms with Crippen LogP contribution in [0, 0.1) is 0 Å². The van der Waals surface area contributed by atoms with Gasteiger partial charge in [0.05, 0.1) is 5.56 Å². The maximum absolute atomic E-state index is 12.2. The predicted octanol–water partition coefficient (Wildman–Crippen LogP) is 1.65. The van der Waals surface area contributed by atoms with Crippen molar-refractivity contribution in [1.82, 2.24) is 5.32 Å². The van der Waals surface area contributed by atoms with E-state index in [9.17, 15) is 18.9 Å². The molecule has 0 fully saturated rings. The van der Waals surface area contributed by atoms with Crippen molar-refractivity contribution < 1.29 is 18.9 Å². The van der Waals surface area contributed by atoms with Gasteiger partial charge in [-0.2, -0.15) is 0 Å². The molecule has 5 nitrogen and oxygen atoms in total. The lowest BCUT2D eigenvalue weighted by Gasteiger charge is -2.09. The molecule has 110 valence electrons. The second-order valence-electron chi connectivity index (χ2n) is 4.55. The number of hydrogen-bond acceptors (Lipinski definition) is 3. The van der Waals surface area contributed by atoms with E-state index in [0.717, 1.165) is 0 Å². The van der Waals surface area contributed by atoms with E-state index in [0.29, 0.717) is 22.1 Å². The van der Waals surface area contributed by atoms with Crippen LogP contribution in [0.5, 0.6) is 0 Å². The molecule has 0 bridgehead atoms. The van der Waals surface area contributed by atoms with Crippen molar-refractivity contribution >= 4 is 33.4 Å². The van der Waals surface area contributed by atoms with Crippen LogP contribution in [0.1, 0.15) is 20.7 Å². The maximum Gasteiger partial charge on any atom is 0.336 e. The molecule has 0 radical (unpaired) electrons. The number of aromatic carboxylic acids is 1. The van der Waals surface area contributed by atoms with Crippen LogP contribution in [0.25, 0.3) is 10.8 Å². The van der Waals surface area contributed by atoms with Gasteiger partial charge >= 0.3 is 5.97 Å². The Labute approximate surface area is 124 Å². The lowest BCUT2D eigenvalue weighted by molar-refractivity contribution is 0.0699. The molecule has 2 rings (SSSR count). The van der Waals surface area contributed by atoms with Gasteiger partial charge in [0.15, 0.2) is 0 Å². The van der Waals surface area contributed by atoms with Crippen molar-refractivity contribution in [3.8, 4) is 0 Å². The summed E-state index contributed by atoms with van der Waals surface area (Å²) in [5, 5.41) is 13.0. The third-order valence-electron chi connectivity index (χ3n) is 3.05. The van der Waals surface area contributed by atoms with Gasteiger partial charge in [-0.15, -0.1) is 0 Å².